The first-order chi connectivity index (χ1) is 9.20. The van der Waals surface area contributed by atoms with E-state index < -0.39 is 0 Å². The van der Waals surface area contributed by atoms with Gasteiger partial charge in [-0.15, -0.1) is 0 Å². The molecule has 0 unspecified atom stereocenters. The fourth-order valence-electron chi connectivity index (χ4n) is 2.59. The summed E-state index contributed by atoms with van der Waals surface area (Å²) in [6.45, 7) is 3.26. The Hall–Kier alpha value is -1.13. The highest BCUT2D eigenvalue weighted by atomic mass is 19.1. The summed E-state index contributed by atoms with van der Waals surface area (Å²) in [7, 11) is 3.83. The van der Waals surface area contributed by atoms with Crippen LogP contribution in [0.5, 0.6) is 0 Å². The summed E-state index contributed by atoms with van der Waals surface area (Å²) < 4.78 is 19.4. The van der Waals surface area contributed by atoms with Crippen molar-refractivity contribution in [2.75, 3.05) is 38.8 Å². The number of anilines is 1. The summed E-state index contributed by atoms with van der Waals surface area (Å²) in [5, 5.41) is 3.03. The molecule has 0 amide bonds. The summed E-state index contributed by atoms with van der Waals surface area (Å²) >= 11 is 0. The molecule has 1 aromatic rings. The zero-order chi connectivity index (χ0) is 13.7. The molecule has 0 saturated carbocycles. The third-order valence-corrected chi connectivity index (χ3v) is 3.68. The molecule has 0 aliphatic carbocycles. The van der Waals surface area contributed by atoms with Gasteiger partial charge in [-0.25, -0.2) is 4.39 Å². The summed E-state index contributed by atoms with van der Waals surface area (Å²) in [5.41, 5.74) is 1.66. The maximum atomic E-state index is 14.1. The van der Waals surface area contributed by atoms with Gasteiger partial charge < -0.3 is 15.0 Å². The number of benzene rings is 1. The zero-order valence-electron chi connectivity index (χ0n) is 11.8. The fourth-order valence-corrected chi connectivity index (χ4v) is 2.59. The lowest BCUT2D eigenvalue weighted by atomic mass is 9.99. The molecule has 2 rings (SSSR count). The van der Waals surface area contributed by atoms with Crippen LogP contribution in [0, 0.1) is 11.7 Å². The molecule has 0 bridgehead atoms. The quantitative estimate of drug-likeness (QED) is 0.885. The minimum atomic E-state index is -0.137. The number of nitrogens with one attached hydrogen (secondary N) is 1. The van der Waals surface area contributed by atoms with E-state index in [0.29, 0.717) is 18.2 Å². The molecule has 0 radical (unpaired) electrons. The standard InChI is InChI=1S/C15H23FN2O/c1-17-10-13-3-4-15(14(16)9-13)18(2)11-12-5-7-19-8-6-12/h3-4,9,12,17H,5-8,10-11H2,1-2H3. The average Bonchev–Trinajstić information content (AvgIpc) is 2.40. The van der Waals surface area contributed by atoms with Gasteiger partial charge in [0.25, 0.3) is 0 Å². The van der Waals surface area contributed by atoms with Crippen LogP contribution in [0.3, 0.4) is 0 Å². The van der Waals surface area contributed by atoms with Crippen molar-refractivity contribution < 1.29 is 9.13 Å². The highest BCUT2D eigenvalue weighted by Gasteiger charge is 2.17. The second-order valence-corrected chi connectivity index (χ2v) is 5.25. The molecule has 0 spiro atoms. The van der Waals surface area contributed by atoms with Gasteiger partial charge in [0.2, 0.25) is 0 Å². The van der Waals surface area contributed by atoms with E-state index in [4.69, 9.17) is 4.74 Å². The van der Waals surface area contributed by atoms with Crippen molar-refractivity contribution in [3.63, 3.8) is 0 Å². The summed E-state index contributed by atoms with van der Waals surface area (Å²) in [6, 6.07) is 5.48. The van der Waals surface area contributed by atoms with E-state index in [1.807, 2.05) is 31.1 Å². The number of hydrogen-bond donors (Lipinski definition) is 1. The second kappa shape index (κ2) is 6.87. The van der Waals surface area contributed by atoms with Gasteiger partial charge >= 0.3 is 0 Å². The second-order valence-electron chi connectivity index (χ2n) is 5.25. The van der Waals surface area contributed by atoms with Crippen LogP contribution in [-0.4, -0.2) is 33.9 Å². The Labute approximate surface area is 114 Å². The first-order valence-electron chi connectivity index (χ1n) is 6.92. The van der Waals surface area contributed by atoms with Gasteiger partial charge in [0, 0.05) is 33.4 Å². The number of rotatable bonds is 5. The highest BCUT2D eigenvalue weighted by molar-refractivity contribution is 5.48. The highest BCUT2D eigenvalue weighted by Crippen LogP contribution is 2.23. The minimum Gasteiger partial charge on any atom is -0.381 e. The molecule has 0 atom stereocenters. The van der Waals surface area contributed by atoms with E-state index in [1.54, 1.807) is 6.07 Å². The van der Waals surface area contributed by atoms with Crippen LogP contribution in [0.25, 0.3) is 0 Å². The van der Waals surface area contributed by atoms with Crippen LogP contribution in [0.4, 0.5) is 10.1 Å². The first kappa shape index (κ1) is 14.3. The first-order valence-corrected chi connectivity index (χ1v) is 6.92. The Balaban J connectivity index is 1.99. The molecule has 1 aliphatic heterocycles. The molecule has 1 N–H and O–H groups in total. The molecular formula is C15H23FN2O. The topological polar surface area (TPSA) is 24.5 Å². The van der Waals surface area contributed by atoms with Crippen LogP contribution < -0.4 is 10.2 Å². The monoisotopic (exact) mass is 266 g/mol. The molecule has 3 nitrogen and oxygen atoms in total. The molecule has 1 saturated heterocycles. The van der Waals surface area contributed by atoms with Crippen molar-refractivity contribution in [2.45, 2.75) is 19.4 Å². The van der Waals surface area contributed by atoms with Crippen LogP contribution in [0.1, 0.15) is 18.4 Å². The summed E-state index contributed by atoms with van der Waals surface area (Å²) in [4.78, 5) is 2.02. The zero-order valence-corrected chi connectivity index (χ0v) is 11.8. The van der Waals surface area contributed by atoms with Gasteiger partial charge in [0.05, 0.1) is 5.69 Å². The molecule has 1 aliphatic rings. The Kier molecular flexibility index (Phi) is 5.16. The largest absolute Gasteiger partial charge is 0.381 e. The van der Waals surface area contributed by atoms with Crippen LogP contribution in [0.15, 0.2) is 18.2 Å². The Morgan fingerprint density at radius 2 is 2.11 bits per heavy atom. The van der Waals surface area contributed by atoms with Gasteiger partial charge in [0.15, 0.2) is 0 Å². The normalized spacial score (nSPS) is 16.6. The van der Waals surface area contributed by atoms with Gasteiger partial charge in [-0.2, -0.15) is 0 Å². The number of halogens is 1. The van der Waals surface area contributed by atoms with Crippen molar-refractivity contribution in [3.8, 4) is 0 Å². The Morgan fingerprint density at radius 1 is 1.37 bits per heavy atom. The van der Waals surface area contributed by atoms with Crippen molar-refractivity contribution in [1.29, 1.82) is 0 Å². The van der Waals surface area contributed by atoms with Crippen LogP contribution >= 0.6 is 0 Å². The van der Waals surface area contributed by atoms with Gasteiger partial charge in [-0.3, -0.25) is 0 Å². The minimum absolute atomic E-state index is 0.137. The summed E-state index contributed by atoms with van der Waals surface area (Å²) in [6.07, 6.45) is 2.15. The van der Waals surface area contributed by atoms with E-state index in [2.05, 4.69) is 5.32 Å². The van der Waals surface area contributed by atoms with Gasteiger partial charge in [-0.05, 0) is 43.5 Å². The van der Waals surface area contributed by atoms with E-state index >= 15 is 0 Å². The predicted octanol–water partition coefficient (Wildman–Crippen LogP) is 2.41. The summed E-state index contributed by atoms with van der Waals surface area (Å²) in [5.74, 6) is 0.470. The Morgan fingerprint density at radius 3 is 2.74 bits per heavy atom. The van der Waals surface area contributed by atoms with E-state index in [-0.39, 0.29) is 5.82 Å². The van der Waals surface area contributed by atoms with Crippen molar-refractivity contribution >= 4 is 5.69 Å². The molecule has 1 heterocycles. The van der Waals surface area contributed by atoms with E-state index in [9.17, 15) is 4.39 Å². The predicted molar refractivity (Wildman–Crippen MR) is 76.0 cm³/mol. The molecule has 0 aromatic heterocycles. The van der Waals surface area contributed by atoms with Crippen molar-refractivity contribution in [3.05, 3.63) is 29.6 Å². The number of ether oxygens (including phenoxy) is 1. The number of hydrogen-bond acceptors (Lipinski definition) is 3. The maximum absolute atomic E-state index is 14.1. The van der Waals surface area contributed by atoms with E-state index in [0.717, 1.165) is 38.2 Å². The molecule has 19 heavy (non-hydrogen) atoms. The lowest BCUT2D eigenvalue weighted by Crippen LogP contribution is -2.30. The van der Waals surface area contributed by atoms with Gasteiger partial charge in [-0.1, -0.05) is 6.07 Å². The fraction of sp³-hybridized carbons (Fsp3) is 0.600. The number of nitrogens with zero attached hydrogens (tertiary/aromatic N) is 1. The lowest BCUT2D eigenvalue weighted by Gasteiger charge is -2.28. The van der Waals surface area contributed by atoms with Crippen molar-refractivity contribution in [2.24, 2.45) is 5.92 Å². The van der Waals surface area contributed by atoms with Crippen LogP contribution in [0.2, 0.25) is 0 Å². The molecule has 4 heteroatoms. The molecule has 1 aromatic carbocycles. The third kappa shape index (κ3) is 3.91. The smallest absolute Gasteiger partial charge is 0.146 e. The van der Waals surface area contributed by atoms with Crippen LogP contribution in [-0.2, 0) is 11.3 Å². The maximum Gasteiger partial charge on any atom is 0.146 e. The van der Waals surface area contributed by atoms with Crippen molar-refractivity contribution in [1.82, 2.24) is 5.32 Å². The van der Waals surface area contributed by atoms with Gasteiger partial charge in [0.1, 0.15) is 5.82 Å². The lowest BCUT2D eigenvalue weighted by molar-refractivity contribution is 0.0685. The molecular weight excluding hydrogens is 243 g/mol. The third-order valence-electron chi connectivity index (χ3n) is 3.68. The molecule has 106 valence electrons. The Bertz CT molecular complexity index is 405. The average molecular weight is 266 g/mol. The molecule has 1 fully saturated rings. The van der Waals surface area contributed by atoms with E-state index in [1.165, 1.54) is 0 Å². The SMILES string of the molecule is CNCc1ccc(N(C)CC2CCOCC2)c(F)c1.